The molecule has 174 valence electrons. The van der Waals surface area contributed by atoms with Crippen LogP contribution in [0.15, 0.2) is 66.2 Å². The van der Waals surface area contributed by atoms with Crippen molar-refractivity contribution >= 4 is 35.8 Å². The largest absolute Gasteiger partial charge is 0.489 e. The number of aliphatic imine (C=N–C) groups is 1. The van der Waals surface area contributed by atoms with Crippen LogP contribution in [0.5, 0.6) is 11.5 Å². The predicted octanol–water partition coefficient (Wildman–Crippen LogP) is 3.59. The van der Waals surface area contributed by atoms with Gasteiger partial charge in [0.1, 0.15) is 18.1 Å². The van der Waals surface area contributed by atoms with Crippen LogP contribution in [0.3, 0.4) is 0 Å². The maximum atomic E-state index is 11.7. The van der Waals surface area contributed by atoms with Crippen molar-refractivity contribution in [2.45, 2.75) is 20.0 Å². The smallest absolute Gasteiger partial charge is 0.259 e. The van der Waals surface area contributed by atoms with Gasteiger partial charge in [-0.1, -0.05) is 43.0 Å². The number of amides is 1. The van der Waals surface area contributed by atoms with Crippen LogP contribution in [0, 0.1) is 0 Å². The standard InChI is InChI=1S/C24H32N4O3.HI/c1-5-14-30-22-13-8-7-11-20(22)17-27-24(25-6-2)26-16-19-10-9-12-21(15-19)31-18-23(29)28(3)4;/h5,7-13,15H,1,6,14,16-18H2,2-4H3,(H2,25,26,27);1H. The monoisotopic (exact) mass is 552 g/mol. The molecule has 0 atom stereocenters. The van der Waals surface area contributed by atoms with Crippen LogP contribution in [-0.2, 0) is 17.9 Å². The lowest BCUT2D eigenvalue weighted by molar-refractivity contribution is -0.130. The van der Waals surface area contributed by atoms with Crippen LogP contribution in [0.1, 0.15) is 18.1 Å². The molecule has 2 rings (SSSR count). The number of nitrogens with one attached hydrogen (secondary N) is 2. The predicted molar refractivity (Wildman–Crippen MR) is 140 cm³/mol. The minimum Gasteiger partial charge on any atom is -0.489 e. The van der Waals surface area contributed by atoms with Gasteiger partial charge in [-0.2, -0.15) is 0 Å². The molecule has 0 heterocycles. The number of para-hydroxylation sites is 1. The van der Waals surface area contributed by atoms with E-state index in [0.29, 0.717) is 31.4 Å². The van der Waals surface area contributed by atoms with Crippen LogP contribution in [0.2, 0.25) is 0 Å². The maximum absolute atomic E-state index is 11.7. The van der Waals surface area contributed by atoms with E-state index < -0.39 is 0 Å². The Kier molecular flexibility index (Phi) is 12.9. The molecule has 0 unspecified atom stereocenters. The summed E-state index contributed by atoms with van der Waals surface area (Å²) in [7, 11) is 3.41. The van der Waals surface area contributed by atoms with E-state index in [1.54, 1.807) is 20.2 Å². The zero-order valence-electron chi connectivity index (χ0n) is 19.0. The third kappa shape index (κ3) is 9.59. The van der Waals surface area contributed by atoms with Crippen molar-refractivity contribution in [1.82, 2.24) is 15.5 Å². The Labute approximate surface area is 207 Å². The van der Waals surface area contributed by atoms with Gasteiger partial charge in [-0.3, -0.25) is 4.79 Å². The summed E-state index contributed by atoms with van der Waals surface area (Å²) < 4.78 is 11.3. The van der Waals surface area contributed by atoms with E-state index in [1.807, 2.05) is 55.5 Å². The Hall–Kier alpha value is -2.75. The molecule has 0 radical (unpaired) electrons. The molecule has 2 aromatic rings. The molecule has 0 aliphatic carbocycles. The molecule has 0 spiro atoms. The van der Waals surface area contributed by atoms with Crippen LogP contribution >= 0.6 is 24.0 Å². The lowest BCUT2D eigenvalue weighted by atomic mass is 10.2. The van der Waals surface area contributed by atoms with E-state index in [4.69, 9.17) is 9.47 Å². The molecule has 0 bridgehead atoms. The summed E-state index contributed by atoms with van der Waals surface area (Å²) in [5.41, 5.74) is 2.03. The fourth-order valence-corrected chi connectivity index (χ4v) is 2.64. The number of ether oxygens (including phenoxy) is 2. The Bertz CT molecular complexity index is 887. The van der Waals surface area contributed by atoms with E-state index in [-0.39, 0.29) is 36.5 Å². The molecule has 2 aromatic carbocycles. The van der Waals surface area contributed by atoms with Crippen molar-refractivity contribution in [3.05, 3.63) is 72.3 Å². The maximum Gasteiger partial charge on any atom is 0.259 e. The van der Waals surface area contributed by atoms with Gasteiger partial charge in [-0.05, 0) is 30.7 Å². The average Bonchev–Trinajstić information content (AvgIpc) is 2.78. The number of hydrogen-bond acceptors (Lipinski definition) is 4. The number of rotatable bonds is 11. The second kappa shape index (κ2) is 15.1. The van der Waals surface area contributed by atoms with Crippen LogP contribution in [0.25, 0.3) is 0 Å². The molecule has 8 heteroatoms. The summed E-state index contributed by atoms with van der Waals surface area (Å²) in [5.74, 6) is 2.09. The highest BCUT2D eigenvalue weighted by molar-refractivity contribution is 14.0. The summed E-state index contributed by atoms with van der Waals surface area (Å²) in [6.07, 6.45) is 1.73. The molecular weight excluding hydrogens is 519 g/mol. The highest BCUT2D eigenvalue weighted by Crippen LogP contribution is 2.18. The lowest BCUT2D eigenvalue weighted by Crippen LogP contribution is -2.36. The second-order valence-electron chi connectivity index (χ2n) is 6.98. The van der Waals surface area contributed by atoms with E-state index >= 15 is 0 Å². The number of nitrogens with zero attached hydrogens (tertiary/aromatic N) is 2. The van der Waals surface area contributed by atoms with Crippen molar-refractivity contribution in [2.75, 3.05) is 33.9 Å². The molecule has 0 aliphatic rings. The third-order valence-corrected chi connectivity index (χ3v) is 4.30. The first kappa shape index (κ1) is 27.3. The van der Waals surface area contributed by atoms with Gasteiger partial charge < -0.3 is 25.0 Å². The number of guanidine groups is 1. The van der Waals surface area contributed by atoms with Gasteiger partial charge in [0.15, 0.2) is 12.6 Å². The number of carbonyl (C=O) groups is 1. The molecule has 0 saturated carbocycles. The molecule has 1 amide bonds. The zero-order valence-corrected chi connectivity index (χ0v) is 21.3. The average molecular weight is 552 g/mol. The molecule has 7 nitrogen and oxygen atoms in total. The molecule has 32 heavy (non-hydrogen) atoms. The van der Waals surface area contributed by atoms with Gasteiger partial charge >= 0.3 is 0 Å². The molecule has 2 N–H and O–H groups in total. The Morgan fingerprint density at radius 1 is 1.12 bits per heavy atom. The van der Waals surface area contributed by atoms with Crippen molar-refractivity contribution in [3.63, 3.8) is 0 Å². The Morgan fingerprint density at radius 3 is 2.62 bits per heavy atom. The van der Waals surface area contributed by atoms with Gasteiger partial charge in [-0.15, -0.1) is 24.0 Å². The van der Waals surface area contributed by atoms with Gasteiger partial charge in [0.2, 0.25) is 0 Å². The van der Waals surface area contributed by atoms with E-state index in [0.717, 1.165) is 23.4 Å². The van der Waals surface area contributed by atoms with Gasteiger partial charge in [0.25, 0.3) is 5.91 Å². The summed E-state index contributed by atoms with van der Waals surface area (Å²) in [4.78, 5) is 17.9. The quantitative estimate of drug-likeness (QED) is 0.193. The minimum atomic E-state index is -0.0839. The van der Waals surface area contributed by atoms with Crippen molar-refractivity contribution in [2.24, 2.45) is 4.99 Å². The molecular formula is C24H33IN4O3. The topological polar surface area (TPSA) is 75.2 Å². The van der Waals surface area contributed by atoms with Crippen LogP contribution < -0.4 is 20.1 Å². The first-order chi connectivity index (χ1) is 15.0. The number of halogens is 1. The van der Waals surface area contributed by atoms with Crippen molar-refractivity contribution in [3.8, 4) is 11.5 Å². The number of benzene rings is 2. The van der Waals surface area contributed by atoms with E-state index in [2.05, 4.69) is 22.2 Å². The highest BCUT2D eigenvalue weighted by Gasteiger charge is 2.06. The van der Waals surface area contributed by atoms with Crippen LogP contribution in [0.4, 0.5) is 0 Å². The first-order valence-corrected chi connectivity index (χ1v) is 10.3. The summed E-state index contributed by atoms with van der Waals surface area (Å²) in [6, 6.07) is 15.5. The summed E-state index contributed by atoms with van der Waals surface area (Å²) in [5, 5.41) is 6.60. The molecule has 0 aliphatic heterocycles. The minimum absolute atomic E-state index is 0. The lowest BCUT2D eigenvalue weighted by Gasteiger charge is -2.14. The van der Waals surface area contributed by atoms with Gasteiger partial charge in [-0.25, -0.2) is 4.99 Å². The SMILES string of the molecule is C=CCOc1ccccc1CNC(=NCc1cccc(OCC(=O)N(C)C)c1)NCC.I. The molecule has 0 fully saturated rings. The fourth-order valence-electron chi connectivity index (χ4n) is 2.64. The number of carbonyl (C=O) groups excluding carboxylic acids is 1. The van der Waals surface area contributed by atoms with Gasteiger partial charge in [0, 0.05) is 32.7 Å². The normalized spacial score (nSPS) is 10.5. The van der Waals surface area contributed by atoms with Crippen molar-refractivity contribution < 1.29 is 14.3 Å². The fraction of sp³-hybridized carbons (Fsp3) is 0.333. The first-order valence-electron chi connectivity index (χ1n) is 10.3. The summed E-state index contributed by atoms with van der Waals surface area (Å²) in [6.45, 7) is 7.99. The van der Waals surface area contributed by atoms with Gasteiger partial charge in [0.05, 0.1) is 6.54 Å². The van der Waals surface area contributed by atoms with Crippen LogP contribution in [-0.4, -0.2) is 50.6 Å². The highest BCUT2D eigenvalue weighted by atomic mass is 127. The van der Waals surface area contributed by atoms with Crippen molar-refractivity contribution in [1.29, 1.82) is 0 Å². The molecule has 0 aromatic heterocycles. The third-order valence-electron chi connectivity index (χ3n) is 4.30. The number of likely N-dealkylation sites (N-methyl/N-ethyl adjacent to an activating group) is 1. The van der Waals surface area contributed by atoms with E-state index in [9.17, 15) is 4.79 Å². The summed E-state index contributed by atoms with van der Waals surface area (Å²) >= 11 is 0. The zero-order chi connectivity index (χ0) is 22.5. The Balaban J connectivity index is 0.00000512. The second-order valence-corrected chi connectivity index (χ2v) is 6.98. The number of hydrogen-bond donors (Lipinski definition) is 2. The Morgan fingerprint density at radius 2 is 1.91 bits per heavy atom. The molecule has 0 saturated heterocycles. The van der Waals surface area contributed by atoms with E-state index in [1.165, 1.54) is 4.90 Å².